The monoisotopic (exact) mass is 412 g/mol. The Hall–Kier alpha value is -2.81. The highest BCUT2D eigenvalue weighted by molar-refractivity contribution is 6.08. The standard InChI is InChI=1S/C28H28O3/c1-31-21-7-9-23(26-22-5-3-2-4-20(22)6-8-24(26)27(29)30)25(13-21)28-14-17-10-18(15-28)12-19(11-17)16-28/h2-9,13,17-19H,10-12,14-16H2,1H3,(H,29,30). The van der Waals surface area contributed by atoms with Crippen LogP contribution in [0.3, 0.4) is 0 Å². The fourth-order valence-corrected chi connectivity index (χ4v) is 7.49. The van der Waals surface area contributed by atoms with E-state index in [0.29, 0.717) is 5.56 Å². The molecule has 0 amide bonds. The molecule has 4 fully saturated rings. The van der Waals surface area contributed by atoms with Crippen molar-refractivity contribution in [1.29, 1.82) is 0 Å². The van der Waals surface area contributed by atoms with Gasteiger partial charge in [0, 0.05) is 5.56 Å². The van der Waals surface area contributed by atoms with Crippen LogP contribution in [0.4, 0.5) is 0 Å². The third-order valence-electron chi connectivity index (χ3n) is 8.27. The molecule has 3 aromatic carbocycles. The van der Waals surface area contributed by atoms with Crippen LogP contribution in [0.2, 0.25) is 0 Å². The van der Waals surface area contributed by atoms with E-state index in [-0.39, 0.29) is 5.41 Å². The van der Waals surface area contributed by atoms with E-state index in [9.17, 15) is 9.90 Å². The Morgan fingerprint density at radius 1 is 0.935 bits per heavy atom. The fourth-order valence-electron chi connectivity index (χ4n) is 7.49. The third kappa shape index (κ3) is 2.90. The molecule has 4 aliphatic rings. The smallest absolute Gasteiger partial charge is 0.336 e. The molecule has 0 spiro atoms. The maximum Gasteiger partial charge on any atom is 0.336 e. The Kier molecular flexibility index (Phi) is 4.18. The van der Waals surface area contributed by atoms with Crippen LogP contribution in [-0.2, 0) is 5.41 Å². The maximum absolute atomic E-state index is 12.3. The first kappa shape index (κ1) is 18.9. The molecule has 3 aromatic rings. The molecular formula is C28H28O3. The van der Waals surface area contributed by atoms with Gasteiger partial charge in [-0.25, -0.2) is 4.79 Å². The largest absolute Gasteiger partial charge is 0.497 e. The van der Waals surface area contributed by atoms with E-state index in [1.54, 1.807) is 13.2 Å². The fraction of sp³-hybridized carbons (Fsp3) is 0.393. The van der Waals surface area contributed by atoms with Crippen LogP contribution in [0.1, 0.15) is 54.4 Å². The van der Waals surface area contributed by atoms with Crippen molar-refractivity contribution in [1.82, 2.24) is 0 Å². The summed E-state index contributed by atoms with van der Waals surface area (Å²) in [6, 6.07) is 18.2. The van der Waals surface area contributed by atoms with E-state index < -0.39 is 5.97 Å². The molecule has 0 aliphatic heterocycles. The van der Waals surface area contributed by atoms with Crippen LogP contribution in [0, 0.1) is 17.8 Å². The molecule has 31 heavy (non-hydrogen) atoms. The summed E-state index contributed by atoms with van der Waals surface area (Å²) in [6.07, 6.45) is 7.83. The van der Waals surface area contributed by atoms with E-state index in [0.717, 1.165) is 45.4 Å². The van der Waals surface area contributed by atoms with Crippen LogP contribution in [0.25, 0.3) is 21.9 Å². The van der Waals surface area contributed by atoms with Crippen molar-refractivity contribution in [3.63, 3.8) is 0 Å². The summed E-state index contributed by atoms with van der Waals surface area (Å²) in [5.74, 6) is 2.45. The minimum Gasteiger partial charge on any atom is -0.497 e. The summed E-state index contributed by atoms with van der Waals surface area (Å²) in [6.45, 7) is 0. The van der Waals surface area contributed by atoms with Crippen molar-refractivity contribution in [2.75, 3.05) is 7.11 Å². The summed E-state index contributed by atoms with van der Waals surface area (Å²) in [4.78, 5) is 12.3. The minimum atomic E-state index is -0.868. The summed E-state index contributed by atoms with van der Waals surface area (Å²) in [5.41, 5.74) is 3.78. The number of aromatic carboxylic acids is 1. The van der Waals surface area contributed by atoms with Gasteiger partial charge in [0.25, 0.3) is 0 Å². The quantitative estimate of drug-likeness (QED) is 0.520. The van der Waals surface area contributed by atoms with Gasteiger partial charge in [0.1, 0.15) is 5.75 Å². The van der Waals surface area contributed by atoms with Crippen molar-refractivity contribution >= 4 is 16.7 Å². The predicted molar refractivity (Wildman–Crippen MR) is 123 cm³/mol. The Morgan fingerprint density at radius 2 is 1.61 bits per heavy atom. The van der Waals surface area contributed by atoms with Gasteiger partial charge in [-0.1, -0.05) is 36.4 Å². The van der Waals surface area contributed by atoms with Crippen molar-refractivity contribution < 1.29 is 14.6 Å². The van der Waals surface area contributed by atoms with E-state index >= 15 is 0 Å². The second kappa shape index (κ2) is 6.85. The number of carbonyl (C=O) groups is 1. The van der Waals surface area contributed by atoms with Crippen molar-refractivity contribution in [3.05, 3.63) is 65.7 Å². The summed E-state index contributed by atoms with van der Waals surface area (Å²) in [7, 11) is 1.72. The van der Waals surface area contributed by atoms with Gasteiger partial charge in [-0.15, -0.1) is 0 Å². The zero-order valence-corrected chi connectivity index (χ0v) is 17.9. The summed E-state index contributed by atoms with van der Waals surface area (Å²) < 4.78 is 5.66. The van der Waals surface area contributed by atoms with E-state index in [1.807, 2.05) is 24.3 Å². The third-order valence-corrected chi connectivity index (χ3v) is 8.27. The van der Waals surface area contributed by atoms with Gasteiger partial charge in [0.05, 0.1) is 12.7 Å². The van der Waals surface area contributed by atoms with Crippen LogP contribution >= 0.6 is 0 Å². The number of carboxylic acid groups (broad SMARTS) is 1. The van der Waals surface area contributed by atoms with E-state index in [4.69, 9.17) is 4.74 Å². The number of ether oxygens (including phenoxy) is 1. The molecule has 3 heteroatoms. The molecule has 0 heterocycles. The first-order valence-electron chi connectivity index (χ1n) is 11.5. The molecule has 4 aliphatic carbocycles. The molecule has 0 aromatic heterocycles. The average molecular weight is 413 g/mol. The van der Waals surface area contributed by atoms with Crippen LogP contribution in [-0.4, -0.2) is 18.2 Å². The predicted octanol–water partition coefficient (Wildman–Crippen LogP) is 6.68. The Balaban J connectivity index is 1.64. The minimum absolute atomic E-state index is 0.144. The van der Waals surface area contributed by atoms with Gasteiger partial charge in [-0.3, -0.25) is 0 Å². The Morgan fingerprint density at radius 3 is 2.26 bits per heavy atom. The van der Waals surface area contributed by atoms with Gasteiger partial charge in [-0.2, -0.15) is 0 Å². The lowest BCUT2D eigenvalue weighted by atomic mass is 9.47. The molecule has 0 radical (unpaired) electrons. The molecule has 0 saturated heterocycles. The number of rotatable bonds is 4. The molecule has 7 rings (SSSR count). The Bertz CT molecular complexity index is 1160. The van der Waals surface area contributed by atoms with E-state index in [1.165, 1.54) is 44.1 Å². The highest BCUT2D eigenvalue weighted by Gasteiger charge is 2.52. The van der Waals surface area contributed by atoms with Gasteiger partial charge < -0.3 is 9.84 Å². The Labute approximate surface area is 183 Å². The van der Waals surface area contributed by atoms with Crippen molar-refractivity contribution in [3.8, 4) is 16.9 Å². The van der Waals surface area contributed by atoms with E-state index in [2.05, 4.69) is 24.3 Å². The number of carboxylic acids is 1. The van der Waals surface area contributed by atoms with Crippen molar-refractivity contribution in [2.45, 2.75) is 43.9 Å². The highest BCUT2D eigenvalue weighted by Crippen LogP contribution is 2.62. The van der Waals surface area contributed by atoms with Gasteiger partial charge >= 0.3 is 5.97 Å². The lowest BCUT2D eigenvalue weighted by Crippen LogP contribution is -2.48. The molecule has 158 valence electrons. The second-order valence-electron chi connectivity index (χ2n) is 10.1. The molecule has 4 saturated carbocycles. The first-order chi connectivity index (χ1) is 15.1. The SMILES string of the molecule is COc1ccc(-c2c(C(=O)O)ccc3ccccc23)c(C23CC4CC(CC(C4)C2)C3)c1. The molecule has 0 unspecified atom stereocenters. The zero-order valence-electron chi connectivity index (χ0n) is 17.9. The normalized spacial score (nSPS) is 28.7. The van der Waals surface area contributed by atoms with Gasteiger partial charge in [-0.05, 0) is 102 Å². The van der Waals surface area contributed by atoms with Gasteiger partial charge in [0.2, 0.25) is 0 Å². The van der Waals surface area contributed by atoms with Crippen LogP contribution in [0.5, 0.6) is 5.75 Å². The number of methoxy groups -OCH3 is 1. The second-order valence-corrected chi connectivity index (χ2v) is 10.1. The van der Waals surface area contributed by atoms with Crippen molar-refractivity contribution in [2.24, 2.45) is 17.8 Å². The summed E-state index contributed by atoms with van der Waals surface area (Å²) in [5, 5.41) is 12.2. The lowest BCUT2D eigenvalue weighted by molar-refractivity contribution is -0.00500. The first-order valence-corrected chi connectivity index (χ1v) is 11.5. The maximum atomic E-state index is 12.3. The summed E-state index contributed by atoms with van der Waals surface area (Å²) >= 11 is 0. The molecule has 1 N–H and O–H groups in total. The number of benzene rings is 3. The number of hydrogen-bond donors (Lipinski definition) is 1. The molecule has 0 atom stereocenters. The number of fused-ring (bicyclic) bond motifs is 1. The highest BCUT2D eigenvalue weighted by atomic mass is 16.5. The topological polar surface area (TPSA) is 46.5 Å². The van der Waals surface area contributed by atoms with Crippen LogP contribution in [0.15, 0.2) is 54.6 Å². The number of hydrogen-bond acceptors (Lipinski definition) is 2. The molecule has 3 nitrogen and oxygen atoms in total. The molecule has 4 bridgehead atoms. The lowest BCUT2D eigenvalue weighted by Gasteiger charge is -2.57. The van der Waals surface area contributed by atoms with Crippen LogP contribution < -0.4 is 4.74 Å². The molecular weight excluding hydrogens is 384 g/mol. The zero-order chi connectivity index (χ0) is 21.2. The average Bonchev–Trinajstić information content (AvgIpc) is 2.77. The van der Waals surface area contributed by atoms with Gasteiger partial charge in [0.15, 0.2) is 0 Å².